The van der Waals surface area contributed by atoms with Crippen molar-refractivity contribution in [1.29, 1.82) is 0 Å². The first-order valence-electron chi connectivity index (χ1n) is 14.1. The Kier molecular flexibility index (Phi) is 10.7. The highest BCUT2D eigenvalue weighted by Gasteiger charge is 2.52. The molecule has 0 radical (unpaired) electrons. The number of fused-ring (bicyclic) bond motifs is 3. The molecule has 1 heterocycles. The standard InChI is InChI=1S/C31H34FNO12/c1-15(42-30-25(32)28(44-18(4)36)27(43-17(3)35)24(45-30)14-40-16(2)34)26(29(37)38)33-31(39)41-13-23-21-11-7-5-9-19(21)20-10-6-8-12-22(20)23/h5-12,15,23-28,30H,13-14H2,1-4H3,(H,33,39)(H,37,38)/t15-,24-,25-,26+,27-,28-,30+/m1/s1. The number of halogens is 1. The van der Waals surface area contributed by atoms with Crippen LogP contribution < -0.4 is 5.32 Å². The number of aliphatic carboxylic acids is 1. The Hall–Kier alpha value is -4.56. The lowest BCUT2D eigenvalue weighted by atomic mass is 9.98. The zero-order valence-corrected chi connectivity index (χ0v) is 25.0. The summed E-state index contributed by atoms with van der Waals surface area (Å²) in [5.74, 6) is -4.30. The number of hydrogen-bond acceptors (Lipinski definition) is 11. The van der Waals surface area contributed by atoms with Gasteiger partial charge in [0.05, 0.1) is 6.10 Å². The number of rotatable bonds is 11. The number of hydrogen-bond donors (Lipinski definition) is 2. The topological polar surface area (TPSA) is 173 Å². The predicted octanol–water partition coefficient (Wildman–Crippen LogP) is 2.87. The number of alkyl carbamates (subject to hydrolysis) is 1. The molecule has 2 aliphatic rings. The van der Waals surface area contributed by atoms with Crippen LogP contribution in [0.1, 0.15) is 44.7 Å². The average molecular weight is 632 g/mol. The number of esters is 3. The minimum absolute atomic E-state index is 0.0842. The van der Waals surface area contributed by atoms with E-state index in [0.29, 0.717) is 0 Å². The monoisotopic (exact) mass is 631 g/mol. The maximum atomic E-state index is 15.7. The van der Waals surface area contributed by atoms with E-state index in [1.807, 2.05) is 48.5 Å². The van der Waals surface area contributed by atoms with E-state index >= 15 is 4.39 Å². The molecule has 2 aromatic rings. The van der Waals surface area contributed by atoms with Gasteiger partial charge in [0, 0.05) is 26.7 Å². The Balaban J connectivity index is 1.45. The van der Waals surface area contributed by atoms with Crippen molar-refractivity contribution in [1.82, 2.24) is 5.32 Å². The third kappa shape index (κ3) is 7.94. The summed E-state index contributed by atoms with van der Waals surface area (Å²) >= 11 is 0. The van der Waals surface area contributed by atoms with Crippen LogP contribution in [-0.2, 0) is 47.6 Å². The third-order valence-electron chi connectivity index (χ3n) is 7.33. The van der Waals surface area contributed by atoms with Crippen LogP contribution in [0.5, 0.6) is 0 Å². The molecule has 0 saturated carbocycles. The van der Waals surface area contributed by atoms with Crippen LogP contribution in [-0.4, -0.2) is 91.2 Å². The van der Waals surface area contributed by atoms with Crippen molar-refractivity contribution in [2.75, 3.05) is 13.2 Å². The Morgan fingerprint density at radius 3 is 1.93 bits per heavy atom. The largest absolute Gasteiger partial charge is 0.480 e. The fraction of sp³-hybridized carbons (Fsp3) is 0.452. The van der Waals surface area contributed by atoms with Gasteiger partial charge in [-0.15, -0.1) is 0 Å². The molecule has 45 heavy (non-hydrogen) atoms. The van der Waals surface area contributed by atoms with Crippen LogP contribution in [0.3, 0.4) is 0 Å². The van der Waals surface area contributed by atoms with E-state index in [9.17, 15) is 29.1 Å². The summed E-state index contributed by atoms with van der Waals surface area (Å²) in [5.41, 5.74) is 3.94. The van der Waals surface area contributed by atoms with E-state index in [0.717, 1.165) is 43.0 Å². The Morgan fingerprint density at radius 1 is 0.844 bits per heavy atom. The number of amides is 1. The number of carboxylic acid groups (broad SMARTS) is 1. The molecule has 4 rings (SSSR count). The van der Waals surface area contributed by atoms with E-state index in [-0.39, 0.29) is 12.5 Å². The number of alkyl halides is 1. The van der Waals surface area contributed by atoms with E-state index < -0.39 is 79.5 Å². The van der Waals surface area contributed by atoms with Crippen LogP contribution in [0.4, 0.5) is 9.18 Å². The minimum atomic E-state index is -2.28. The van der Waals surface area contributed by atoms with Crippen molar-refractivity contribution < 1.29 is 61.9 Å². The van der Waals surface area contributed by atoms with Crippen molar-refractivity contribution in [2.24, 2.45) is 0 Å². The maximum Gasteiger partial charge on any atom is 0.407 e. The predicted molar refractivity (Wildman–Crippen MR) is 151 cm³/mol. The van der Waals surface area contributed by atoms with E-state index in [2.05, 4.69) is 5.32 Å². The highest BCUT2D eigenvalue weighted by molar-refractivity contribution is 5.81. The van der Waals surface area contributed by atoms with Gasteiger partial charge in [0.1, 0.15) is 19.3 Å². The zero-order valence-electron chi connectivity index (χ0n) is 25.0. The van der Waals surface area contributed by atoms with Gasteiger partial charge in [-0.25, -0.2) is 14.0 Å². The molecule has 2 aromatic carbocycles. The molecule has 0 bridgehead atoms. The molecule has 1 aliphatic carbocycles. The molecule has 242 valence electrons. The fourth-order valence-corrected chi connectivity index (χ4v) is 5.41. The summed E-state index contributed by atoms with van der Waals surface area (Å²) in [7, 11) is 0. The van der Waals surface area contributed by atoms with Gasteiger partial charge in [0.2, 0.25) is 0 Å². The van der Waals surface area contributed by atoms with Crippen LogP contribution in [0.15, 0.2) is 48.5 Å². The van der Waals surface area contributed by atoms with E-state index in [1.54, 1.807) is 0 Å². The molecule has 7 atom stereocenters. The highest BCUT2D eigenvalue weighted by atomic mass is 19.1. The normalized spacial score (nSPS) is 23.4. The summed E-state index contributed by atoms with van der Waals surface area (Å²) in [6.45, 7) is 3.78. The number of nitrogens with one attached hydrogen (secondary N) is 1. The third-order valence-corrected chi connectivity index (χ3v) is 7.33. The lowest BCUT2D eigenvalue weighted by Crippen LogP contribution is -2.62. The molecule has 0 unspecified atom stereocenters. The Morgan fingerprint density at radius 2 is 1.40 bits per heavy atom. The van der Waals surface area contributed by atoms with Gasteiger partial charge < -0.3 is 38.8 Å². The maximum absolute atomic E-state index is 15.7. The van der Waals surface area contributed by atoms with Gasteiger partial charge in [-0.1, -0.05) is 48.5 Å². The zero-order chi connectivity index (χ0) is 32.8. The molecule has 1 saturated heterocycles. The van der Waals surface area contributed by atoms with Crippen LogP contribution in [0.2, 0.25) is 0 Å². The first-order valence-corrected chi connectivity index (χ1v) is 14.1. The summed E-state index contributed by atoms with van der Waals surface area (Å²) in [6.07, 6.45) is -11.3. The smallest absolute Gasteiger partial charge is 0.407 e. The Labute approximate surface area is 257 Å². The molecule has 1 amide bonds. The molecule has 1 fully saturated rings. The van der Waals surface area contributed by atoms with Crippen LogP contribution in [0.25, 0.3) is 11.1 Å². The van der Waals surface area contributed by atoms with Crippen molar-refractivity contribution in [3.8, 4) is 11.1 Å². The van der Waals surface area contributed by atoms with Gasteiger partial charge in [-0.3, -0.25) is 14.4 Å². The second kappa shape index (κ2) is 14.5. The van der Waals surface area contributed by atoms with Gasteiger partial charge in [0.15, 0.2) is 30.7 Å². The number of benzene rings is 2. The van der Waals surface area contributed by atoms with Crippen molar-refractivity contribution in [3.63, 3.8) is 0 Å². The minimum Gasteiger partial charge on any atom is -0.480 e. The van der Waals surface area contributed by atoms with Gasteiger partial charge >= 0.3 is 30.0 Å². The molecular weight excluding hydrogens is 597 g/mol. The highest BCUT2D eigenvalue weighted by Crippen LogP contribution is 2.44. The number of carbonyl (C=O) groups excluding carboxylic acids is 4. The Bertz CT molecular complexity index is 1390. The lowest BCUT2D eigenvalue weighted by molar-refractivity contribution is -0.302. The van der Waals surface area contributed by atoms with E-state index in [1.165, 1.54) is 6.92 Å². The van der Waals surface area contributed by atoms with Crippen molar-refractivity contribution >= 4 is 30.0 Å². The number of carboxylic acids is 1. The first-order chi connectivity index (χ1) is 21.4. The van der Waals surface area contributed by atoms with Crippen LogP contribution >= 0.6 is 0 Å². The van der Waals surface area contributed by atoms with Crippen molar-refractivity contribution in [3.05, 3.63) is 59.7 Å². The summed E-state index contributed by atoms with van der Waals surface area (Å²) in [4.78, 5) is 59.9. The molecule has 14 heteroatoms. The summed E-state index contributed by atoms with van der Waals surface area (Å²) < 4.78 is 47.4. The second-order valence-corrected chi connectivity index (χ2v) is 10.6. The van der Waals surface area contributed by atoms with Gasteiger partial charge in [0.25, 0.3) is 0 Å². The molecule has 2 N–H and O–H groups in total. The molecule has 13 nitrogen and oxygen atoms in total. The fourth-order valence-electron chi connectivity index (χ4n) is 5.41. The SMILES string of the molecule is CC(=O)OC[C@H]1O[C@H](O[C@H](C)[C@H](NC(=O)OCC2c3ccccc3-c3ccccc32)C(=O)O)[C@H](F)[C@@H](OC(C)=O)[C@@H]1OC(C)=O. The molecule has 0 spiro atoms. The van der Waals surface area contributed by atoms with Crippen LogP contribution in [0, 0.1) is 0 Å². The number of ether oxygens (including phenoxy) is 6. The molecular formula is C31H34FNO12. The van der Waals surface area contributed by atoms with Crippen molar-refractivity contribution in [2.45, 2.75) is 76.5 Å². The second-order valence-electron chi connectivity index (χ2n) is 10.6. The average Bonchev–Trinajstić information content (AvgIpc) is 3.30. The summed E-state index contributed by atoms with van der Waals surface area (Å²) in [6, 6.07) is 13.6. The van der Waals surface area contributed by atoms with Gasteiger partial charge in [-0.2, -0.15) is 0 Å². The lowest BCUT2D eigenvalue weighted by Gasteiger charge is -2.42. The number of carbonyl (C=O) groups is 5. The molecule has 1 aliphatic heterocycles. The van der Waals surface area contributed by atoms with Gasteiger partial charge in [-0.05, 0) is 29.2 Å². The molecule has 0 aromatic heterocycles. The quantitative estimate of drug-likeness (QED) is 0.275. The first kappa shape index (κ1) is 33.3. The van der Waals surface area contributed by atoms with E-state index in [4.69, 9.17) is 28.4 Å². The summed E-state index contributed by atoms with van der Waals surface area (Å²) in [5, 5.41) is 12.1.